The Morgan fingerprint density at radius 1 is 1.33 bits per heavy atom. The van der Waals surface area contributed by atoms with Crippen LogP contribution in [0, 0.1) is 0 Å². The molecule has 21 heavy (non-hydrogen) atoms. The van der Waals surface area contributed by atoms with E-state index in [0.29, 0.717) is 11.3 Å². The summed E-state index contributed by atoms with van der Waals surface area (Å²) < 4.78 is 33.0. The minimum Gasteiger partial charge on any atom is -0.497 e. The maximum atomic E-state index is 12.6. The molecule has 0 spiro atoms. The van der Waals surface area contributed by atoms with Gasteiger partial charge in [0.05, 0.1) is 12.0 Å². The van der Waals surface area contributed by atoms with Crippen molar-refractivity contribution in [2.75, 3.05) is 13.7 Å². The lowest BCUT2D eigenvalue weighted by Crippen LogP contribution is -2.43. The molecule has 0 saturated carbocycles. The smallest absolute Gasteiger partial charge is 0.241 e. The third kappa shape index (κ3) is 4.98. The molecule has 6 heteroatoms. The number of aliphatic hydroxyl groups is 1. The molecule has 1 rings (SSSR count). The molecule has 0 aliphatic carbocycles. The molecule has 120 valence electrons. The van der Waals surface area contributed by atoms with Gasteiger partial charge >= 0.3 is 0 Å². The minimum atomic E-state index is -3.63. The summed E-state index contributed by atoms with van der Waals surface area (Å²) in [4.78, 5) is 0.196. The Labute approximate surface area is 127 Å². The molecule has 0 aromatic heterocycles. The largest absolute Gasteiger partial charge is 0.497 e. The highest BCUT2D eigenvalue weighted by Gasteiger charge is 2.27. The standard InChI is InChI=1S/C15H25NO4S/c1-5-9-15(2,3)16-21(18,19)14-7-6-13(20-4)11-12(14)8-10-17/h6-7,11,16-17H,5,8-10H2,1-4H3. The maximum absolute atomic E-state index is 12.6. The molecule has 0 unspecified atom stereocenters. The van der Waals surface area contributed by atoms with Crippen LogP contribution in [0.1, 0.15) is 39.2 Å². The van der Waals surface area contributed by atoms with Crippen LogP contribution in [0.5, 0.6) is 5.75 Å². The molecule has 0 amide bonds. The molecule has 1 aromatic carbocycles. The first-order valence-electron chi connectivity index (χ1n) is 7.07. The minimum absolute atomic E-state index is 0.117. The van der Waals surface area contributed by atoms with Gasteiger partial charge in [0.25, 0.3) is 0 Å². The number of methoxy groups -OCH3 is 1. The average molecular weight is 315 g/mol. The summed E-state index contributed by atoms with van der Waals surface area (Å²) in [5.41, 5.74) is 0.0425. The van der Waals surface area contributed by atoms with E-state index < -0.39 is 15.6 Å². The highest BCUT2D eigenvalue weighted by atomic mass is 32.2. The van der Waals surface area contributed by atoms with E-state index in [1.807, 2.05) is 20.8 Å². The van der Waals surface area contributed by atoms with Crippen LogP contribution in [0.25, 0.3) is 0 Å². The second-order valence-electron chi connectivity index (χ2n) is 5.69. The van der Waals surface area contributed by atoms with Gasteiger partial charge in [0.1, 0.15) is 5.75 Å². The molecule has 0 bridgehead atoms. The quantitative estimate of drug-likeness (QED) is 0.770. The van der Waals surface area contributed by atoms with Crippen LogP contribution in [-0.2, 0) is 16.4 Å². The van der Waals surface area contributed by atoms with Crippen LogP contribution < -0.4 is 9.46 Å². The second-order valence-corrected chi connectivity index (χ2v) is 7.34. The van der Waals surface area contributed by atoms with Gasteiger partial charge in [-0.1, -0.05) is 13.3 Å². The van der Waals surface area contributed by atoms with Crippen LogP contribution in [-0.4, -0.2) is 32.8 Å². The van der Waals surface area contributed by atoms with E-state index >= 15 is 0 Å². The number of hydrogen-bond acceptors (Lipinski definition) is 4. The topological polar surface area (TPSA) is 75.6 Å². The summed E-state index contributed by atoms with van der Waals surface area (Å²) in [6.07, 6.45) is 1.90. The molecule has 0 aliphatic heterocycles. The van der Waals surface area contributed by atoms with Crippen molar-refractivity contribution in [1.29, 1.82) is 0 Å². The van der Waals surface area contributed by atoms with Crippen molar-refractivity contribution in [2.45, 2.75) is 50.5 Å². The first kappa shape index (κ1) is 17.9. The van der Waals surface area contributed by atoms with Gasteiger partial charge in [-0.2, -0.15) is 0 Å². The van der Waals surface area contributed by atoms with E-state index in [-0.39, 0.29) is 17.9 Å². The molecule has 2 N–H and O–H groups in total. The highest BCUT2D eigenvalue weighted by molar-refractivity contribution is 7.89. The van der Waals surface area contributed by atoms with Gasteiger partial charge in [-0.15, -0.1) is 0 Å². The summed E-state index contributed by atoms with van der Waals surface area (Å²) in [7, 11) is -2.11. The van der Waals surface area contributed by atoms with Gasteiger partial charge in [0, 0.05) is 12.1 Å². The lowest BCUT2D eigenvalue weighted by atomic mass is 10.0. The Morgan fingerprint density at radius 2 is 2.00 bits per heavy atom. The van der Waals surface area contributed by atoms with Gasteiger partial charge < -0.3 is 9.84 Å². The van der Waals surface area contributed by atoms with E-state index in [2.05, 4.69) is 4.72 Å². The average Bonchev–Trinajstić information content (AvgIpc) is 2.37. The molecule has 0 saturated heterocycles. The number of aliphatic hydroxyl groups excluding tert-OH is 1. The Balaban J connectivity index is 3.18. The molecular formula is C15H25NO4S. The zero-order valence-corrected chi connectivity index (χ0v) is 14.0. The number of hydrogen-bond donors (Lipinski definition) is 2. The van der Waals surface area contributed by atoms with Crippen molar-refractivity contribution in [2.24, 2.45) is 0 Å². The molecule has 0 fully saturated rings. The Morgan fingerprint density at radius 3 is 2.52 bits per heavy atom. The molecular weight excluding hydrogens is 290 g/mol. The number of rotatable bonds is 8. The number of sulfonamides is 1. The van der Waals surface area contributed by atoms with Crippen molar-refractivity contribution in [3.05, 3.63) is 23.8 Å². The van der Waals surface area contributed by atoms with Gasteiger partial charge in [-0.3, -0.25) is 0 Å². The summed E-state index contributed by atoms with van der Waals surface area (Å²) >= 11 is 0. The molecule has 0 aliphatic rings. The molecule has 0 radical (unpaired) electrons. The fourth-order valence-corrected chi connectivity index (χ4v) is 4.05. The van der Waals surface area contributed by atoms with Crippen LogP contribution in [0.2, 0.25) is 0 Å². The monoisotopic (exact) mass is 315 g/mol. The van der Waals surface area contributed by atoms with Gasteiger partial charge in [-0.05, 0) is 50.5 Å². The van der Waals surface area contributed by atoms with Crippen molar-refractivity contribution in [3.8, 4) is 5.75 Å². The van der Waals surface area contributed by atoms with Crippen LogP contribution >= 0.6 is 0 Å². The Kier molecular flexibility index (Phi) is 6.19. The van der Waals surface area contributed by atoms with Crippen LogP contribution in [0.4, 0.5) is 0 Å². The van der Waals surface area contributed by atoms with Crippen molar-refractivity contribution < 1.29 is 18.3 Å². The number of benzene rings is 1. The predicted octanol–water partition coefficient (Wildman–Crippen LogP) is 2.09. The second kappa shape index (κ2) is 7.24. The van der Waals surface area contributed by atoms with Gasteiger partial charge in [-0.25, -0.2) is 13.1 Å². The highest BCUT2D eigenvalue weighted by Crippen LogP contribution is 2.24. The number of ether oxygens (including phenoxy) is 1. The fraction of sp³-hybridized carbons (Fsp3) is 0.600. The first-order valence-corrected chi connectivity index (χ1v) is 8.56. The zero-order valence-electron chi connectivity index (χ0n) is 13.1. The zero-order chi connectivity index (χ0) is 16.1. The predicted molar refractivity (Wildman–Crippen MR) is 83.1 cm³/mol. The lowest BCUT2D eigenvalue weighted by molar-refractivity contribution is 0.298. The normalized spacial score (nSPS) is 12.4. The van der Waals surface area contributed by atoms with Crippen molar-refractivity contribution in [3.63, 3.8) is 0 Å². The molecule has 1 aromatic rings. The van der Waals surface area contributed by atoms with E-state index in [1.165, 1.54) is 13.2 Å². The number of nitrogens with one attached hydrogen (secondary N) is 1. The summed E-state index contributed by atoms with van der Waals surface area (Å²) in [5.74, 6) is 0.574. The molecule has 0 heterocycles. The molecule has 5 nitrogen and oxygen atoms in total. The third-order valence-electron chi connectivity index (χ3n) is 3.22. The SMILES string of the molecule is CCCC(C)(C)NS(=O)(=O)c1ccc(OC)cc1CCO. The molecule has 0 atom stereocenters. The maximum Gasteiger partial charge on any atom is 0.241 e. The summed E-state index contributed by atoms with van der Waals surface area (Å²) in [5, 5.41) is 9.13. The van der Waals surface area contributed by atoms with E-state index in [4.69, 9.17) is 9.84 Å². The Hall–Kier alpha value is -1.11. The fourth-order valence-electron chi connectivity index (χ4n) is 2.36. The van der Waals surface area contributed by atoms with E-state index in [0.717, 1.165) is 12.8 Å². The Bertz CT molecular complexity index is 567. The third-order valence-corrected chi connectivity index (χ3v) is 5.02. The van der Waals surface area contributed by atoms with Crippen molar-refractivity contribution in [1.82, 2.24) is 4.72 Å². The van der Waals surface area contributed by atoms with Crippen LogP contribution in [0.3, 0.4) is 0 Å². The van der Waals surface area contributed by atoms with Crippen molar-refractivity contribution >= 4 is 10.0 Å². The van der Waals surface area contributed by atoms with E-state index in [1.54, 1.807) is 12.1 Å². The summed E-state index contributed by atoms with van der Waals surface area (Å²) in [6, 6.07) is 4.79. The summed E-state index contributed by atoms with van der Waals surface area (Å²) in [6.45, 7) is 5.63. The van der Waals surface area contributed by atoms with Gasteiger partial charge in [0.2, 0.25) is 10.0 Å². The first-order chi connectivity index (χ1) is 9.75. The van der Waals surface area contributed by atoms with Crippen LogP contribution in [0.15, 0.2) is 23.1 Å². The van der Waals surface area contributed by atoms with E-state index in [9.17, 15) is 8.42 Å². The van der Waals surface area contributed by atoms with Gasteiger partial charge in [0.15, 0.2) is 0 Å². The lowest BCUT2D eigenvalue weighted by Gasteiger charge is -2.26.